The minimum atomic E-state index is -4.64. The average molecular weight is 486 g/mol. The van der Waals surface area contributed by atoms with Crippen molar-refractivity contribution in [2.75, 3.05) is 13.7 Å². The number of carbonyl (C=O) groups excluding carboxylic acids is 1. The van der Waals surface area contributed by atoms with Crippen LogP contribution in [-0.4, -0.2) is 34.6 Å². The van der Waals surface area contributed by atoms with E-state index in [0.717, 1.165) is 6.07 Å². The van der Waals surface area contributed by atoms with Gasteiger partial charge in [0.25, 0.3) is 5.91 Å². The van der Waals surface area contributed by atoms with E-state index in [0.29, 0.717) is 11.1 Å². The first-order valence-electron chi connectivity index (χ1n) is 10.5. The van der Waals surface area contributed by atoms with Gasteiger partial charge in [-0.05, 0) is 29.8 Å². The van der Waals surface area contributed by atoms with Gasteiger partial charge >= 0.3 is 6.18 Å². The Labute approximate surface area is 197 Å². The van der Waals surface area contributed by atoms with Crippen LogP contribution in [0.2, 0.25) is 0 Å². The predicted octanol–water partition coefficient (Wildman–Crippen LogP) is 3.84. The maximum absolute atomic E-state index is 13.2. The second kappa shape index (κ2) is 9.72. The lowest BCUT2D eigenvalue weighted by Crippen LogP contribution is -2.29. The summed E-state index contributed by atoms with van der Waals surface area (Å²) in [6, 6.07) is 13.9. The molecule has 0 spiro atoms. The second-order valence-corrected chi connectivity index (χ2v) is 7.54. The number of halogens is 3. The third-order valence-corrected chi connectivity index (χ3v) is 5.30. The Morgan fingerprint density at radius 2 is 1.89 bits per heavy atom. The van der Waals surface area contributed by atoms with Crippen molar-refractivity contribution in [2.45, 2.75) is 18.8 Å². The van der Waals surface area contributed by atoms with Crippen molar-refractivity contribution in [3.8, 4) is 17.2 Å². The summed E-state index contributed by atoms with van der Waals surface area (Å²) >= 11 is 0. The van der Waals surface area contributed by atoms with Crippen LogP contribution in [0.25, 0.3) is 22.4 Å². The molecule has 11 heteroatoms. The number of aliphatic hydroxyl groups excluding tert-OH is 1. The van der Waals surface area contributed by atoms with E-state index in [1.54, 1.807) is 30.3 Å². The number of nitrogens with two attached hydrogens (primary N) is 1. The van der Waals surface area contributed by atoms with E-state index in [2.05, 4.69) is 15.3 Å². The number of oxazole rings is 1. The zero-order valence-corrected chi connectivity index (χ0v) is 18.5. The fraction of sp³-hybridized carbons (Fsp3) is 0.208. The number of nitrogens with one attached hydrogen (secondary N) is 1. The van der Waals surface area contributed by atoms with Crippen molar-refractivity contribution >= 4 is 16.8 Å². The first kappa shape index (κ1) is 24.2. The van der Waals surface area contributed by atoms with E-state index >= 15 is 0 Å². The van der Waals surface area contributed by atoms with Crippen molar-refractivity contribution in [3.05, 3.63) is 77.3 Å². The van der Waals surface area contributed by atoms with Crippen molar-refractivity contribution in [3.63, 3.8) is 0 Å². The second-order valence-electron chi connectivity index (χ2n) is 7.54. The predicted molar refractivity (Wildman–Crippen MR) is 120 cm³/mol. The van der Waals surface area contributed by atoms with Crippen LogP contribution in [0.5, 0.6) is 5.75 Å². The largest absolute Gasteiger partial charge is 0.494 e. The molecule has 182 valence electrons. The average Bonchev–Trinajstić information content (AvgIpc) is 3.30. The Morgan fingerprint density at radius 3 is 2.54 bits per heavy atom. The molecular weight excluding hydrogens is 465 g/mol. The lowest BCUT2D eigenvalue weighted by molar-refractivity contribution is -0.140. The number of fused-ring (bicyclic) bond motifs is 1. The quantitative estimate of drug-likeness (QED) is 0.363. The number of carbonyl (C=O) groups is 1. The summed E-state index contributed by atoms with van der Waals surface area (Å²) in [5.41, 5.74) is 5.46. The molecule has 0 radical (unpaired) electrons. The van der Waals surface area contributed by atoms with Crippen LogP contribution in [0.1, 0.15) is 33.6 Å². The number of ether oxygens (including phenoxy) is 1. The summed E-state index contributed by atoms with van der Waals surface area (Å²) in [6.45, 7) is -0.230. The minimum Gasteiger partial charge on any atom is -0.494 e. The highest BCUT2D eigenvalue weighted by Gasteiger charge is 2.33. The molecule has 8 nitrogen and oxygen atoms in total. The molecule has 0 saturated carbocycles. The summed E-state index contributed by atoms with van der Waals surface area (Å²) in [6.07, 6.45) is -5.58. The van der Waals surface area contributed by atoms with Crippen LogP contribution >= 0.6 is 0 Å². The number of aromatic nitrogens is 2. The van der Waals surface area contributed by atoms with Gasteiger partial charge in [0.05, 0.1) is 19.8 Å². The number of aliphatic hydroxyl groups is 1. The van der Waals surface area contributed by atoms with E-state index in [1.165, 1.54) is 19.2 Å². The molecule has 0 aliphatic carbocycles. The van der Waals surface area contributed by atoms with Gasteiger partial charge in [-0.3, -0.25) is 4.79 Å². The molecule has 2 heterocycles. The van der Waals surface area contributed by atoms with Gasteiger partial charge < -0.3 is 25.3 Å². The molecule has 1 amide bonds. The molecule has 4 rings (SSSR count). The van der Waals surface area contributed by atoms with Crippen molar-refractivity contribution in [1.82, 2.24) is 15.3 Å². The highest BCUT2D eigenvalue weighted by molar-refractivity contribution is 5.98. The number of hydrogen-bond acceptors (Lipinski definition) is 7. The molecule has 2 aromatic carbocycles. The van der Waals surface area contributed by atoms with Crippen molar-refractivity contribution in [2.24, 2.45) is 5.73 Å². The molecule has 1 atom stereocenters. The van der Waals surface area contributed by atoms with Crippen LogP contribution in [-0.2, 0) is 12.7 Å². The van der Waals surface area contributed by atoms with Crippen molar-refractivity contribution < 1.29 is 32.2 Å². The number of methoxy groups -OCH3 is 1. The Balaban J connectivity index is 1.67. The number of nitrogens with zero attached hydrogens (tertiary/aromatic N) is 2. The normalized spacial score (nSPS) is 12.5. The number of pyridine rings is 1. The zero-order valence-electron chi connectivity index (χ0n) is 18.5. The first-order valence-corrected chi connectivity index (χ1v) is 10.5. The molecular formula is C24H21F3N4O4. The van der Waals surface area contributed by atoms with Gasteiger partial charge in [-0.25, -0.2) is 9.97 Å². The van der Waals surface area contributed by atoms with E-state index in [1.807, 2.05) is 6.07 Å². The third kappa shape index (κ3) is 4.96. The number of benzene rings is 2. The minimum absolute atomic E-state index is 0.0200. The maximum Gasteiger partial charge on any atom is 0.433 e. The molecule has 35 heavy (non-hydrogen) atoms. The Morgan fingerprint density at radius 1 is 1.14 bits per heavy atom. The fourth-order valence-corrected chi connectivity index (χ4v) is 3.55. The molecule has 2 aromatic heterocycles. The highest BCUT2D eigenvalue weighted by Crippen LogP contribution is 2.36. The summed E-state index contributed by atoms with van der Waals surface area (Å²) < 4.78 is 50.4. The number of alkyl halides is 3. The van der Waals surface area contributed by atoms with Gasteiger partial charge in [-0.1, -0.05) is 30.3 Å². The molecule has 0 aliphatic rings. The number of amides is 1. The molecule has 4 N–H and O–H groups in total. The van der Waals surface area contributed by atoms with Gasteiger partial charge in [0.1, 0.15) is 17.0 Å². The Kier molecular flexibility index (Phi) is 6.72. The summed E-state index contributed by atoms with van der Waals surface area (Å²) in [5.74, 6) is -0.428. The van der Waals surface area contributed by atoms with Gasteiger partial charge in [0.15, 0.2) is 11.5 Å². The molecule has 0 unspecified atom stereocenters. The lowest BCUT2D eigenvalue weighted by Gasteiger charge is -2.11. The zero-order chi connectivity index (χ0) is 25.2. The molecule has 0 aliphatic heterocycles. The van der Waals surface area contributed by atoms with Crippen LogP contribution < -0.4 is 15.8 Å². The van der Waals surface area contributed by atoms with E-state index < -0.39 is 23.9 Å². The van der Waals surface area contributed by atoms with Crippen LogP contribution in [0, 0.1) is 0 Å². The Hall–Kier alpha value is -3.96. The third-order valence-electron chi connectivity index (χ3n) is 5.30. The number of hydrogen-bond donors (Lipinski definition) is 3. The maximum atomic E-state index is 13.2. The standard InChI is InChI=1S/C24H21F3N4O4/c1-34-17-9-7-15(14-8-10-19(24(25,26)27)30-20(14)17)23-31-21(18(11-28)35-23)22(33)29-12-16(32)13-5-3-2-4-6-13/h2-10,16,32H,11-12,28H2,1H3,(H,29,33)/t16-/m1/s1. The fourth-order valence-electron chi connectivity index (χ4n) is 3.55. The van der Waals surface area contributed by atoms with Crippen LogP contribution in [0.4, 0.5) is 13.2 Å². The van der Waals surface area contributed by atoms with E-state index in [4.69, 9.17) is 14.9 Å². The van der Waals surface area contributed by atoms with Crippen LogP contribution in [0.15, 0.2) is 59.0 Å². The van der Waals surface area contributed by atoms with Gasteiger partial charge in [-0.2, -0.15) is 13.2 Å². The van der Waals surface area contributed by atoms with Crippen LogP contribution in [0.3, 0.4) is 0 Å². The highest BCUT2D eigenvalue weighted by atomic mass is 19.4. The first-order chi connectivity index (χ1) is 16.7. The van der Waals surface area contributed by atoms with E-state index in [-0.39, 0.29) is 47.1 Å². The summed E-state index contributed by atoms with van der Waals surface area (Å²) in [5, 5.41) is 13.2. The molecule has 0 saturated heterocycles. The molecule has 0 fully saturated rings. The SMILES string of the molecule is COc1ccc(-c2nc(C(=O)NC[C@@H](O)c3ccccc3)c(CN)o2)c2ccc(C(F)(F)F)nc12. The van der Waals surface area contributed by atoms with E-state index in [9.17, 15) is 23.1 Å². The van der Waals surface area contributed by atoms with Gasteiger partial charge in [-0.15, -0.1) is 0 Å². The number of rotatable bonds is 7. The molecule has 0 bridgehead atoms. The molecule has 4 aromatic rings. The summed E-state index contributed by atoms with van der Waals surface area (Å²) in [4.78, 5) is 20.7. The monoisotopic (exact) mass is 486 g/mol. The Bertz CT molecular complexity index is 1360. The summed E-state index contributed by atoms with van der Waals surface area (Å²) in [7, 11) is 1.32. The van der Waals surface area contributed by atoms with Crippen molar-refractivity contribution in [1.29, 1.82) is 0 Å². The topological polar surface area (TPSA) is 124 Å². The smallest absolute Gasteiger partial charge is 0.433 e. The van der Waals surface area contributed by atoms with Gasteiger partial charge in [0.2, 0.25) is 5.89 Å². The van der Waals surface area contributed by atoms with Gasteiger partial charge in [0, 0.05) is 17.5 Å². The lowest BCUT2D eigenvalue weighted by atomic mass is 10.1.